The second-order valence-corrected chi connectivity index (χ2v) is 9.36. The highest BCUT2D eigenvalue weighted by atomic mass is 32.2. The Morgan fingerprint density at radius 1 is 1.16 bits per heavy atom. The number of rotatable bonds is 10. The minimum atomic E-state index is -3.71. The molecular formula is C23H30N2O6S. The Kier molecular flexibility index (Phi) is 7.84. The molecule has 1 heterocycles. The van der Waals surface area contributed by atoms with Gasteiger partial charge in [0.1, 0.15) is 25.0 Å². The number of amides is 1. The predicted octanol–water partition coefficient (Wildman–Crippen LogP) is 2.76. The largest absolute Gasteiger partial charge is 0.494 e. The molecule has 2 aromatic carbocycles. The first kappa shape index (κ1) is 23.7. The zero-order valence-corrected chi connectivity index (χ0v) is 19.5. The molecule has 32 heavy (non-hydrogen) atoms. The molecule has 3 rings (SSSR count). The molecule has 0 fully saturated rings. The van der Waals surface area contributed by atoms with Crippen molar-refractivity contribution in [2.45, 2.75) is 32.7 Å². The molecule has 0 spiro atoms. The minimum Gasteiger partial charge on any atom is -0.494 e. The number of hydrogen-bond acceptors (Lipinski definition) is 6. The summed E-state index contributed by atoms with van der Waals surface area (Å²) in [4.78, 5) is 12.8. The van der Waals surface area contributed by atoms with Gasteiger partial charge in [-0.2, -0.15) is 0 Å². The smallest absolute Gasteiger partial charge is 0.243 e. The molecule has 1 aliphatic heterocycles. The van der Waals surface area contributed by atoms with Gasteiger partial charge < -0.3 is 19.5 Å². The highest BCUT2D eigenvalue weighted by molar-refractivity contribution is 7.92. The van der Waals surface area contributed by atoms with Crippen LogP contribution in [0.25, 0.3) is 0 Å². The zero-order valence-electron chi connectivity index (χ0n) is 18.7. The molecule has 1 atom stereocenters. The van der Waals surface area contributed by atoms with E-state index in [-0.39, 0.29) is 5.91 Å². The number of carbonyl (C=O) groups is 1. The SMILES string of the molecule is CCOc1ccccc1CCCNC(=O)[C@H](C)N(c1ccc2c(c1)OCCO2)S(C)(=O)=O. The molecule has 2 aromatic rings. The summed E-state index contributed by atoms with van der Waals surface area (Å²) >= 11 is 0. The first-order chi connectivity index (χ1) is 15.3. The summed E-state index contributed by atoms with van der Waals surface area (Å²) in [7, 11) is -3.71. The van der Waals surface area contributed by atoms with Gasteiger partial charge in [-0.25, -0.2) is 8.42 Å². The van der Waals surface area contributed by atoms with Crippen molar-refractivity contribution < 1.29 is 27.4 Å². The standard InChI is InChI=1S/C23H30N2O6S/c1-4-29-20-10-6-5-8-18(20)9-7-13-24-23(26)17(2)25(32(3,27)28)19-11-12-21-22(16-19)31-15-14-30-21/h5-6,8,10-12,16-17H,4,7,9,13-15H2,1-3H3,(H,24,26)/t17-/m0/s1. The molecule has 0 saturated carbocycles. The summed E-state index contributed by atoms with van der Waals surface area (Å²) < 4.78 is 42.8. The van der Waals surface area contributed by atoms with Crippen molar-refractivity contribution >= 4 is 21.6 Å². The number of hydrogen-bond donors (Lipinski definition) is 1. The lowest BCUT2D eigenvalue weighted by molar-refractivity contribution is -0.121. The highest BCUT2D eigenvalue weighted by Crippen LogP contribution is 2.35. The maximum absolute atomic E-state index is 12.8. The van der Waals surface area contributed by atoms with Crippen LogP contribution in [-0.2, 0) is 21.2 Å². The molecule has 0 radical (unpaired) electrons. The van der Waals surface area contributed by atoms with E-state index >= 15 is 0 Å². The third-order valence-electron chi connectivity index (χ3n) is 5.06. The van der Waals surface area contributed by atoms with Crippen molar-refractivity contribution in [3.05, 3.63) is 48.0 Å². The third-order valence-corrected chi connectivity index (χ3v) is 6.30. The van der Waals surface area contributed by atoms with Gasteiger partial charge in [0, 0.05) is 12.6 Å². The summed E-state index contributed by atoms with van der Waals surface area (Å²) in [6, 6.07) is 11.7. The number of nitrogens with zero attached hydrogens (tertiary/aromatic N) is 1. The van der Waals surface area contributed by atoms with Crippen LogP contribution in [-0.4, -0.2) is 53.0 Å². The minimum absolute atomic E-state index is 0.352. The lowest BCUT2D eigenvalue weighted by atomic mass is 10.1. The van der Waals surface area contributed by atoms with E-state index in [0.29, 0.717) is 50.0 Å². The van der Waals surface area contributed by atoms with E-state index in [2.05, 4.69) is 5.32 Å². The number of anilines is 1. The maximum Gasteiger partial charge on any atom is 0.243 e. The molecule has 0 aromatic heterocycles. The number of nitrogens with one attached hydrogen (secondary N) is 1. The van der Waals surface area contributed by atoms with E-state index in [1.807, 2.05) is 31.2 Å². The average molecular weight is 463 g/mol. The molecule has 1 aliphatic rings. The van der Waals surface area contributed by atoms with Gasteiger partial charge >= 0.3 is 0 Å². The first-order valence-electron chi connectivity index (χ1n) is 10.7. The molecule has 0 aliphatic carbocycles. The van der Waals surface area contributed by atoms with E-state index in [1.165, 1.54) is 0 Å². The molecule has 0 unspecified atom stereocenters. The molecule has 0 bridgehead atoms. The van der Waals surface area contributed by atoms with Crippen LogP contribution in [0.4, 0.5) is 5.69 Å². The summed E-state index contributed by atoms with van der Waals surface area (Å²) in [5.74, 6) is 1.49. The van der Waals surface area contributed by atoms with Crippen molar-refractivity contribution in [1.82, 2.24) is 5.32 Å². The third kappa shape index (κ3) is 5.85. The van der Waals surface area contributed by atoms with E-state index in [0.717, 1.165) is 28.3 Å². The van der Waals surface area contributed by atoms with Crippen molar-refractivity contribution in [3.63, 3.8) is 0 Å². The van der Waals surface area contributed by atoms with Crippen LogP contribution in [0.2, 0.25) is 0 Å². The van der Waals surface area contributed by atoms with Gasteiger partial charge in [-0.05, 0) is 50.5 Å². The Balaban J connectivity index is 1.63. The predicted molar refractivity (Wildman–Crippen MR) is 123 cm³/mol. The first-order valence-corrected chi connectivity index (χ1v) is 12.5. The fourth-order valence-corrected chi connectivity index (χ4v) is 4.79. The van der Waals surface area contributed by atoms with Gasteiger partial charge in [-0.15, -0.1) is 0 Å². The number of para-hydroxylation sites is 1. The normalized spacial score (nSPS) is 13.8. The summed E-state index contributed by atoms with van der Waals surface area (Å²) in [6.07, 6.45) is 2.52. The molecule has 1 N–H and O–H groups in total. The van der Waals surface area contributed by atoms with Crippen LogP contribution < -0.4 is 23.8 Å². The molecule has 1 amide bonds. The van der Waals surface area contributed by atoms with E-state index in [1.54, 1.807) is 25.1 Å². The number of sulfonamides is 1. The number of ether oxygens (including phenoxy) is 3. The Labute approximate surface area is 189 Å². The summed E-state index contributed by atoms with van der Waals surface area (Å²) in [6.45, 7) is 5.34. The van der Waals surface area contributed by atoms with Gasteiger partial charge in [0.15, 0.2) is 11.5 Å². The van der Waals surface area contributed by atoms with Crippen LogP contribution >= 0.6 is 0 Å². The van der Waals surface area contributed by atoms with Gasteiger partial charge in [0.2, 0.25) is 15.9 Å². The van der Waals surface area contributed by atoms with Crippen molar-refractivity contribution in [3.8, 4) is 17.2 Å². The lowest BCUT2D eigenvalue weighted by Crippen LogP contribution is -2.48. The Bertz CT molecular complexity index is 1040. The van der Waals surface area contributed by atoms with Crippen LogP contribution in [0.15, 0.2) is 42.5 Å². The van der Waals surface area contributed by atoms with Gasteiger partial charge in [0.25, 0.3) is 0 Å². The van der Waals surface area contributed by atoms with Gasteiger partial charge in [-0.3, -0.25) is 9.10 Å². The topological polar surface area (TPSA) is 94.2 Å². The Morgan fingerprint density at radius 3 is 2.59 bits per heavy atom. The lowest BCUT2D eigenvalue weighted by Gasteiger charge is -2.29. The molecule has 0 saturated heterocycles. The Morgan fingerprint density at radius 2 is 1.88 bits per heavy atom. The van der Waals surface area contributed by atoms with E-state index in [9.17, 15) is 13.2 Å². The van der Waals surface area contributed by atoms with Crippen molar-refractivity contribution in [2.24, 2.45) is 0 Å². The van der Waals surface area contributed by atoms with E-state index < -0.39 is 16.1 Å². The fourth-order valence-electron chi connectivity index (χ4n) is 3.62. The van der Waals surface area contributed by atoms with Crippen molar-refractivity contribution in [2.75, 3.05) is 36.9 Å². The van der Waals surface area contributed by atoms with Crippen LogP contribution in [0.1, 0.15) is 25.8 Å². The van der Waals surface area contributed by atoms with E-state index in [4.69, 9.17) is 14.2 Å². The fraction of sp³-hybridized carbons (Fsp3) is 0.435. The molecule has 8 nitrogen and oxygen atoms in total. The molecule has 9 heteroatoms. The monoisotopic (exact) mass is 462 g/mol. The second-order valence-electron chi connectivity index (χ2n) is 7.50. The molecular weight excluding hydrogens is 432 g/mol. The zero-order chi connectivity index (χ0) is 23.1. The molecule has 174 valence electrons. The summed E-state index contributed by atoms with van der Waals surface area (Å²) in [5, 5.41) is 2.85. The maximum atomic E-state index is 12.8. The second kappa shape index (κ2) is 10.6. The van der Waals surface area contributed by atoms with Crippen LogP contribution in [0.5, 0.6) is 17.2 Å². The van der Waals surface area contributed by atoms with Crippen molar-refractivity contribution in [1.29, 1.82) is 0 Å². The van der Waals surface area contributed by atoms with Crippen LogP contribution in [0, 0.1) is 0 Å². The number of benzene rings is 2. The van der Waals surface area contributed by atoms with Gasteiger partial charge in [0.05, 0.1) is 18.6 Å². The average Bonchev–Trinajstić information content (AvgIpc) is 2.76. The highest BCUT2D eigenvalue weighted by Gasteiger charge is 2.30. The number of aryl methyl sites for hydroxylation is 1. The number of carbonyl (C=O) groups excluding carboxylic acids is 1. The Hall–Kier alpha value is -2.94. The quantitative estimate of drug-likeness (QED) is 0.546. The number of fused-ring (bicyclic) bond motifs is 1. The van der Waals surface area contributed by atoms with Gasteiger partial charge in [-0.1, -0.05) is 18.2 Å². The summed E-state index contributed by atoms with van der Waals surface area (Å²) in [5.41, 5.74) is 1.43. The van der Waals surface area contributed by atoms with Crippen LogP contribution in [0.3, 0.4) is 0 Å².